The lowest BCUT2D eigenvalue weighted by molar-refractivity contribution is -0.144. The molecule has 0 aromatic carbocycles. The molecule has 0 aromatic rings. The SMILES string of the molecule is CCCCCCCCCCCCOC(=O)CCCOCCOCCOCCOCC. The Morgan fingerprint density at radius 2 is 0.967 bits per heavy atom. The molecule has 0 aromatic heterocycles. The molecule has 0 rings (SSSR count). The number of ether oxygens (including phenoxy) is 5. The summed E-state index contributed by atoms with van der Waals surface area (Å²) in [4.78, 5) is 11.7. The molecule has 0 amide bonds. The van der Waals surface area contributed by atoms with Crippen LogP contribution in [0.3, 0.4) is 0 Å². The van der Waals surface area contributed by atoms with Crippen molar-refractivity contribution in [2.24, 2.45) is 0 Å². The van der Waals surface area contributed by atoms with Crippen LogP contribution in [0.4, 0.5) is 0 Å². The van der Waals surface area contributed by atoms with Crippen LogP contribution in [0, 0.1) is 0 Å². The summed E-state index contributed by atoms with van der Waals surface area (Å²) in [6.07, 6.45) is 14.0. The minimum atomic E-state index is -0.116. The second kappa shape index (κ2) is 26.3. The fraction of sp³-hybridized carbons (Fsp3) is 0.958. The van der Waals surface area contributed by atoms with Crippen LogP contribution in [0.5, 0.6) is 0 Å². The summed E-state index contributed by atoms with van der Waals surface area (Å²) in [5.74, 6) is -0.116. The number of carbonyl (C=O) groups excluding carboxylic acids is 1. The van der Waals surface area contributed by atoms with E-state index in [1.54, 1.807) is 0 Å². The Bertz CT molecular complexity index is 338. The highest BCUT2D eigenvalue weighted by molar-refractivity contribution is 5.69. The van der Waals surface area contributed by atoms with E-state index < -0.39 is 0 Å². The van der Waals surface area contributed by atoms with Gasteiger partial charge in [-0.25, -0.2) is 0 Å². The Morgan fingerprint density at radius 1 is 0.500 bits per heavy atom. The first-order valence-corrected chi connectivity index (χ1v) is 12.3. The molecule has 0 spiro atoms. The number of esters is 1. The highest BCUT2D eigenvalue weighted by atomic mass is 16.6. The first kappa shape index (κ1) is 29.3. The van der Waals surface area contributed by atoms with E-state index in [0.29, 0.717) is 72.3 Å². The van der Waals surface area contributed by atoms with Gasteiger partial charge in [0.1, 0.15) is 0 Å². The maximum atomic E-state index is 11.7. The summed E-state index contributed by atoms with van der Waals surface area (Å²) in [5.41, 5.74) is 0. The third kappa shape index (κ3) is 25.3. The van der Waals surface area contributed by atoms with E-state index in [4.69, 9.17) is 23.7 Å². The molecule has 0 aliphatic carbocycles. The van der Waals surface area contributed by atoms with Crippen molar-refractivity contribution in [3.05, 3.63) is 0 Å². The third-order valence-corrected chi connectivity index (χ3v) is 4.75. The van der Waals surface area contributed by atoms with Gasteiger partial charge in [0.25, 0.3) is 0 Å². The molecule has 30 heavy (non-hydrogen) atoms. The molecule has 0 saturated heterocycles. The molecule has 0 heterocycles. The summed E-state index contributed by atoms with van der Waals surface area (Å²) in [6.45, 7) is 9.47. The summed E-state index contributed by atoms with van der Waals surface area (Å²) in [5, 5.41) is 0. The smallest absolute Gasteiger partial charge is 0.305 e. The van der Waals surface area contributed by atoms with Crippen molar-refractivity contribution in [3.8, 4) is 0 Å². The molecule has 0 fully saturated rings. The highest BCUT2D eigenvalue weighted by Gasteiger charge is 2.02. The van der Waals surface area contributed by atoms with Gasteiger partial charge in [0.2, 0.25) is 0 Å². The Morgan fingerprint density at radius 3 is 1.50 bits per heavy atom. The molecule has 0 saturated carbocycles. The normalized spacial score (nSPS) is 11.1. The molecule has 0 radical (unpaired) electrons. The van der Waals surface area contributed by atoms with Gasteiger partial charge in [-0.05, 0) is 19.8 Å². The van der Waals surface area contributed by atoms with Gasteiger partial charge in [-0.2, -0.15) is 0 Å². The van der Waals surface area contributed by atoms with Gasteiger partial charge in [-0.3, -0.25) is 4.79 Å². The van der Waals surface area contributed by atoms with Gasteiger partial charge in [0.15, 0.2) is 0 Å². The Kier molecular flexibility index (Phi) is 25.7. The minimum absolute atomic E-state index is 0.116. The molecule has 0 bridgehead atoms. The summed E-state index contributed by atoms with van der Waals surface area (Å²) < 4.78 is 26.7. The first-order valence-electron chi connectivity index (χ1n) is 12.3. The van der Waals surface area contributed by atoms with Crippen molar-refractivity contribution in [2.45, 2.75) is 90.9 Å². The van der Waals surface area contributed by atoms with Gasteiger partial charge in [0.05, 0.1) is 46.2 Å². The molecular weight excluding hydrogens is 384 g/mol. The molecule has 180 valence electrons. The highest BCUT2D eigenvalue weighted by Crippen LogP contribution is 2.10. The molecule has 0 N–H and O–H groups in total. The van der Waals surface area contributed by atoms with E-state index in [-0.39, 0.29) is 5.97 Å². The average Bonchev–Trinajstić information content (AvgIpc) is 2.75. The standard InChI is InChI=1S/C24H48O6/c1-3-5-6-7-8-9-10-11-12-13-17-30-24(25)15-14-16-27-20-21-29-23-22-28-19-18-26-4-2/h3-23H2,1-2H3. The molecule has 6 heteroatoms. The predicted octanol–water partition coefficient (Wildman–Crippen LogP) is 5.32. The monoisotopic (exact) mass is 432 g/mol. The minimum Gasteiger partial charge on any atom is -0.466 e. The molecule has 0 unspecified atom stereocenters. The predicted molar refractivity (Wildman–Crippen MR) is 121 cm³/mol. The fourth-order valence-electron chi connectivity index (χ4n) is 2.97. The van der Waals surface area contributed by atoms with Crippen LogP contribution in [-0.2, 0) is 28.5 Å². The molecule has 0 aliphatic rings. The van der Waals surface area contributed by atoms with E-state index in [0.717, 1.165) is 12.8 Å². The lowest BCUT2D eigenvalue weighted by Gasteiger charge is -2.07. The van der Waals surface area contributed by atoms with Crippen LogP contribution in [0.1, 0.15) is 90.9 Å². The average molecular weight is 433 g/mol. The summed E-state index contributed by atoms with van der Waals surface area (Å²) in [6, 6.07) is 0. The third-order valence-electron chi connectivity index (χ3n) is 4.75. The van der Waals surface area contributed by atoms with E-state index in [1.165, 1.54) is 51.4 Å². The van der Waals surface area contributed by atoms with Crippen molar-refractivity contribution in [1.29, 1.82) is 0 Å². The van der Waals surface area contributed by atoms with Crippen molar-refractivity contribution < 1.29 is 28.5 Å². The second-order valence-corrected chi connectivity index (χ2v) is 7.54. The quantitative estimate of drug-likeness (QED) is 0.144. The van der Waals surface area contributed by atoms with Gasteiger partial charge in [-0.1, -0.05) is 64.7 Å². The zero-order valence-electron chi connectivity index (χ0n) is 19.8. The number of hydrogen-bond donors (Lipinski definition) is 0. The first-order chi connectivity index (χ1) is 14.8. The van der Waals surface area contributed by atoms with Crippen molar-refractivity contribution >= 4 is 5.97 Å². The van der Waals surface area contributed by atoms with Gasteiger partial charge >= 0.3 is 5.97 Å². The maximum Gasteiger partial charge on any atom is 0.305 e. The van der Waals surface area contributed by atoms with Crippen LogP contribution < -0.4 is 0 Å². The van der Waals surface area contributed by atoms with Crippen LogP contribution in [-0.4, -0.2) is 65.4 Å². The zero-order valence-corrected chi connectivity index (χ0v) is 19.8. The molecule has 0 aliphatic heterocycles. The van der Waals surface area contributed by atoms with E-state index in [9.17, 15) is 4.79 Å². The summed E-state index contributed by atoms with van der Waals surface area (Å²) in [7, 11) is 0. The van der Waals surface area contributed by atoms with Crippen molar-refractivity contribution in [1.82, 2.24) is 0 Å². The van der Waals surface area contributed by atoms with Crippen LogP contribution in [0.2, 0.25) is 0 Å². The van der Waals surface area contributed by atoms with E-state index >= 15 is 0 Å². The van der Waals surface area contributed by atoms with Crippen LogP contribution in [0.15, 0.2) is 0 Å². The van der Waals surface area contributed by atoms with Gasteiger partial charge in [0, 0.05) is 19.6 Å². The van der Waals surface area contributed by atoms with Crippen LogP contribution >= 0.6 is 0 Å². The van der Waals surface area contributed by atoms with Crippen molar-refractivity contribution in [2.75, 3.05) is 59.5 Å². The van der Waals surface area contributed by atoms with E-state index in [2.05, 4.69) is 6.92 Å². The number of unbranched alkanes of at least 4 members (excludes halogenated alkanes) is 9. The lowest BCUT2D eigenvalue weighted by atomic mass is 10.1. The van der Waals surface area contributed by atoms with E-state index in [1.807, 2.05) is 6.92 Å². The summed E-state index contributed by atoms with van der Waals surface area (Å²) >= 11 is 0. The Balaban J connectivity index is 3.13. The van der Waals surface area contributed by atoms with Gasteiger partial charge < -0.3 is 23.7 Å². The van der Waals surface area contributed by atoms with Crippen molar-refractivity contribution in [3.63, 3.8) is 0 Å². The maximum absolute atomic E-state index is 11.7. The Hall–Kier alpha value is -0.690. The van der Waals surface area contributed by atoms with Gasteiger partial charge in [-0.15, -0.1) is 0 Å². The zero-order chi connectivity index (χ0) is 22.0. The molecular formula is C24H48O6. The largest absolute Gasteiger partial charge is 0.466 e. The second-order valence-electron chi connectivity index (χ2n) is 7.54. The van der Waals surface area contributed by atoms with Crippen LogP contribution in [0.25, 0.3) is 0 Å². The Labute approximate surface area is 185 Å². The topological polar surface area (TPSA) is 63.2 Å². The number of rotatable bonds is 25. The number of hydrogen-bond acceptors (Lipinski definition) is 6. The fourth-order valence-corrected chi connectivity index (χ4v) is 2.97. The molecule has 6 nitrogen and oxygen atoms in total. The lowest BCUT2D eigenvalue weighted by Crippen LogP contribution is -2.12. The number of carbonyl (C=O) groups is 1. The molecule has 0 atom stereocenters.